The number of amides is 12. The number of benzene rings is 4. The Labute approximate surface area is 688 Å². The number of ether oxygens (including phenoxy) is 2. The number of hydrogen-bond acceptors (Lipinski definition) is 21. The lowest BCUT2D eigenvalue weighted by Crippen LogP contribution is -2.67. The van der Waals surface area contributed by atoms with Gasteiger partial charge in [0.15, 0.2) is 0 Å². The number of nitrogens with zero attached hydrogens (tertiary/aromatic N) is 4. The molecule has 7 aromatic rings. The van der Waals surface area contributed by atoms with Crippen molar-refractivity contribution >= 4 is 83.0 Å². The highest BCUT2D eigenvalue weighted by atomic mass is 19.1. The summed E-state index contributed by atoms with van der Waals surface area (Å²) in [5.41, 5.74) is 8.04. The molecule has 8 rings (SSSR count). The lowest BCUT2D eigenvalue weighted by molar-refractivity contribution is -0.146. The Morgan fingerprint density at radius 2 is 1.22 bits per heavy atom. The van der Waals surface area contributed by atoms with E-state index in [1.807, 2.05) is 50.2 Å². The van der Waals surface area contributed by atoms with Crippen LogP contribution in [-0.4, -0.2) is 232 Å². The molecule has 0 spiro atoms. The maximum Gasteiger partial charge on any atom is 0.407 e. The number of aliphatic hydroxyl groups excluding tert-OH is 2. The van der Waals surface area contributed by atoms with Crippen molar-refractivity contribution in [3.8, 4) is 28.1 Å². The normalized spacial score (nSPS) is 16.0. The number of carbonyl (C=O) groups is 14. The van der Waals surface area contributed by atoms with Crippen LogP contribution in [0.5, 0.6) is 5.75 Å². The smallest absolute Gasteiger partial charge is 0.407 e. The van der Waals surface area contributed by atoms with Gasteiger partial charge in [-0.25, -0.2) is 19.2 Å². The maximum absolute atomic E-state index is 15.7. The number of aliphatic carboxylic acids is 2. The fourth-order valence-corrected chi connectivity index (χ4v) is 13.6. The summed E-state index contributed by atoms with van der Waals surface area (Å²) in [7, 11) is 2.63. The van der Waals surface area contributed by atoms with Gasteiger partial charge in [-0.3, -0.25) is 67.3 Å². The molecule has 4 aromatic carbocycles. The third kappa shape index (κ3) is 25.3. The fourth-order valence-electron chi connectivity index (χ4n) is 13.6. The standard InChI is InChI=1S/C82H100FN17O20/c1-9-49-33-54(119-7)24-25-56(49)50-22-19-47(20-23-50)31-61(72(110)91-60(70(84)108)32-48-21-26-58(87-38-48)55-17-12-10-15-44(55)2)92-74(112)63(36-67(106)107)93-73(111)62(34-52-39-85-42-89-52)94-75(113)68(45(3)101)98-78(116)81(5,37-51-16-11-13-18-57(51)83)99-76(114)69(46(4)102)97-65(103)41-88-71(109)59(27-28-66(104)105)95-79(117)82(6)29-14-30-100(82)77(115)64(96-80(118)120-8)35-53-40-86-43-90-53/h10-13,15-26,33,38-40,42-43,45-46,59-64,68-69,101-102H,9,14,27-32,34-37,41H2,1-8H3,(H2,84,108)(H,85,89)(H,86,90)(H,88,109)(H,91,110)(H,92,112)(H,93,111)(H,94,113)(H,95,117)(H,96,118)(H,97,103)(H,98,116)(H,99,114)(H,104,105)(H,106,107)/t45-,46-,59+,60+,61+,62+,63+,64?,68+,69+,81-,82-/m1/s1. The number of nitrogens with two attached hydrogens (primary N) is 1. The van der Waals surface area contributed by atoms with Crippen LogP contribution < -0.4 is 63.6 Å². The molecule has 0 radical (unpaired) electrons. The molecule has 1 fully saturated rings. The number of nitrogens with one attached hydrogen (secondary N) is 12. The Bertz CT molecular complexity index is 4820. The first kappa shape index (κ1) is 92.0. The highest BCUT2D eigenvalue weighted by Crippen LogP contribution is 2.32. The van der Waals surface area contributed by atoms with E-state index in [-0.39, 0.29) is 49.9 Å². The molecular weight excluding hydrogens is 1560 g/mol. The number of pyridine rings is 1. The lowest BCUT2D eigenvalue weighted by Gasteiger charge is -2.37. The summed E-state index contributed by atoms with van der Waals surface area (Å²) in [5.74, 6) is -15.7. The minimum Gasteiger partial charge on any atom is -0.497 e. The lowest BCUT2D eigenvalue weighted by atomic mass is 9.90. The van der Waals surface area contributed by atoms with Crippen molar-refractivity contribution in [1.29, 1.82) is 0 Å². The number of aryl methyl sites for hydroxylation is 2. The minimum absolute atomic E-state index is 0.0139. The number of imidazole rings is 2. The number of halogens is 1. The number of aromatic nitrogens is 5. The van der Waals surface area contributed by atoms with Crippen molar-refractivity contribution in [3.63, 3.8) is 0 Å². The maximum atomic E-state index is 15.7. The number of rotatable bonds is 42. The Morgan fingerprint density at radius 3 is 1.80 bits per heavy atom. The van der Waals surface area contributed by atoms with Crippen LogP contribution in [0.25, 0.3) is 22.4 Å². The Morgan fingerprint density at radius 1 is 0.625 bits per heavy atom. The third-order valence-corrected chi connectivity index (χ3v) is 20.4. The van der Waals surface area contributed by atoms with Crippen LogP contribution >= 0.6 is 0 Å². The van der Waals surface area contributed by atoms with E-state index in [2.05, 4.69) is 78.1 Å². The van der Waals surface area contributed by atoms with Gasteiger partial charge in [-0.15, -0.1) is 0 Å². The Balaban J connectivity index is 0.988. The second-order valence-corrected chi connectivity index (χ2v) is 29.4. The topological polar surface area (TPSA) is 558 Å². The van der Waals surface area contributed by atoms with Crippen LogP contribution in [0.1, 0.15) is 106 Å². The Hall–Kier alpha value is -13.5. The molecule has 4 heterocycles. The van der Waals surface area contributed by atoms with Gasteiger partial charge >= 0.3 is 18.0 Å². The molecule has 1 saturated heterocycles. The summed E-state index contributed by atoms with van der Waals surface area (Å²) >= 11 is 0. The van der Waals surface area contributed by atoms with Gasteiger partial charge in [0, 0.05) is 69.2 Å². The number of aromatic amines is 2. The number of carboxylic acid groups (broad SMARTS) is 2. The van der Waals surface area contributed by atoms with E-state index in [1.54, 1.807) is 49.6 Å². The highest BCUT2D eigenvalue weighted by Gasteiger charge is 2.49. The van der Waals surface area contributed by atoms with Crippen molar-refractivity contribution in [2.24, 2.45) is 5.73 Å². The molecule has 0 saturated carbocycles. The van der Waals surface area contributed by atoms with E-state index in [1.165, 1.54) is 61.3 Å². The van der Waals surface area contributed by atoms with Crippen LogP contribution in [0.3, 0.4) is 0 Å². The van der Waals surface area contributed by atoms with Gasteiger partial charge in [0.1, 0.15) is 71.0 Å². The SMILES string of the molecule is CCc1cc(OC)ccc1-c1ccc(C[C@H](NC(=O)[C@H](CC(=O)O)NC(=O)[C@H](Cc2c[nH]cn2)NC(=O)[C@@H](NC(=O)[C@@](C)(Cc2ccccc2F)NC(=O)[C@@H](NC(=O)CNC(=O)[C@H](CCC(=O)O)NC(=O)[C@@]2(C)CCCN2C(=O)C(Cc2c[nH]cn2)NC(=O)OC)[C@@H](C)O)[C@@H](C)O)C(=O)N[C@@H](Cc2ccc(-c3ccccc3C)nc2)C(N)=O)cc1. The molecular formula is C82H100FN17O20. The summed E-state index contributed by atoms with van der Waals surface area (Å²) in [6.07, 6.45) is -1.10. The van der Waals surface area contributed by atoms with E-state index >= 15 is 4.39 Å². The summed E-state index contributed by atoms with van der Waals surface area (Å²) in [6.45, 7) is 7.46. The molecule has 1 aliphatic rings. The largest absolute Gasteiger partial charge is 0.497 e. The molecule has 38 heteroatoms. The predicted molar refractivity (Wildman–Crippen MR) is 428 cm³/mol. The average Bonchev–Trinajstić information content (AvgIpc) is 1.64. The number of primary amides is 1. The van der Waals surface area contributed by atoms with Gasteiger partial charge in [0.05, 0.1) is 69.1 Å². The van der Waals surface area contributed by atoms with Gasteiger partial charge in [-0.1, -0.05) is 85.8 Å². The van der Waals surface area contributed by atoms with E-state index < -0.39 is 199 Å². The van der Waals surface area contributed by atoms with Crippen molar-refractivity contribution < 1.29 is 101 Å². The van der Waals surface area contributed by atoms with Crippen LogP contribution in [0.15, 0.2) is 134 Å². The zero-order chi connectivity index (χ0) is 87.7. The molecule has 12 amide bonds. The van der Waals surface area contributed by atoms with Gasteiger partial charge < -0.3 is 104 Å². The number of alkyl carbamates (subject to hydrolysis) is 1. The number of likely N-dealkylation sites (tertiary alicyclic amines) is 1. The first-order valence-corrected chi connectivity index (χ1v) is 38.5. The average molecular weight is 1660 g/mol. The fraction of sp³-hybridized carbons (Fsp3) is 0.402. The van der Waals surface area contributed by atoms with Gasteiger partial charge in [0.2, 0.25) is 65.0 Å². The number of H-pyrrole nitrogens is 2. The van der Waals surface area contributed by atoms with E-state index in [0.717, 1.165) is 61.8 Å². The highest BCUT2D eigenvalue weighted by molar-refractivity contribution is 6.01. The van der Waals surface area contributed by atoms with Crippen molar-refractivity contribution in [1.82, 2.24) is 83.0 Å². The molecule has 0 bridgehead atoms. The monoisotopic (exact) mass is 1660 g/mol. The molecule has 3 aromatic heterocycles. The second kappa shape index (κ2) is 42.6. The predicted octanol–water partition coefficient (Wildman–Crippen LogP) is 0.470. The first-order chi connectivity index (χ1) is 57.0. The zero-order valence-corrected chi connectivity index (χ0v) is 67.2. The summed E-state index contributed by atoms with van der Waals surface area (Å²) < 4.78 is 25.9. The second-order valence-electron chi connectivity index (χ2n) is 29.4. The molecule has 18 N–H and O–H groups in total. The van der Waals surface area contributed by atoms with E-state index in [0.29, 0.717) is 34.7 Å². The summed E-state index contributed by atoms with van der Waals surface area (Å²) in [6, 6.07) is 14.4. The molecule has 1 unspecified atom stereocenters. The summed E-state index contributed by atoms with van der Waals surface area (Å²) in [4.78, 5) is 214. The van der Waals surface area contributed by atoms with Crippen LogP contribution in [0.4, 0.5) is 9.18 Å². The molecule has 37 nitrogen and oxygen atoms in total. The van der Waals surface area contributed by atoms with Gasteiger partial charge in [0.25, 0.3) is 0 Å². The van der Waals surface area contributed by atoms with E-state index in [9.17, 15) is 87.5 Å². The quantitative estimate of drug-likeness (QED) is 0.0247. The molecule has 640 valence electrons. The zero-order valence-electron chi connectivity index (χ0n) is 67.2. The van der Waals surface area contributed by atoms with Crippen molar-refractivity contribution in [2.45, 2.75) is 184 Å². The van der Waals surface area contributed by atoms with Crippen molar-refractivity contribution in [3.05, 3.63) is 179 Å². The van der Waals surface area contributed by atoms with Crippen molar-refractivity contribution in [2.75, 3.05) is 27.3 Å². The molecule has 1 aliphatic heterocycles. The molecule has 0 aliphatic carbocycles. The van der Waals surface area contributed by atoms with Gasteiger partial charge in [-0.2, -0.15) is 0 Å². The van der Waals surface area contributed by atoms with Crippen LogP contribution in [0, 0.1) is 12.7 Å². The summed E-state index contributed by atoms with van der Waals surface area (Å²) in [5, 5.41) is 66.4. The Kier molecular flexibility index (Phi) is 32.6. The number of hydrogen-bond donors (Lipinski definition) is 17. The number of carboxylic acids is 2. The number of carbonyl (C=O) groups excluding carboxylic acids is 12. The van der Waals surface area contributed by atoms with Crippen LogP contribution in [-0.2, 0) is 106 Å². The van der Waals surface area contributed by atoms with Crippen LogP contribution in [0.2, 0.25) is 0 Å². The number of aliphatic hydroxyl groups is 2. The molecule has 12 atom stereocenters. The third-order valence-electron chi connectivity index (χ3n) is 20.4. The number of methoxy groups -OCH3 is 2. The van der Waals surface area contributed by atoms with Gasteiger partial charge in [-0.05, 0) is 124 Å². The van der Waals surface area contributed by atoms with E-state index in [4.69, 9.17) is 15.2 Å². The molecule has 120 heavy (non-hydrogen) atoms. The first-order valence-electron chi connectivity index (χ1n) is 38.5. The minimum atomic E-state index is -2.44.